The maximum atomic E-state index is 5.43. The van der Waals surface area contributed by atoms with E-state index in [1.165, 1.54) is 10.5 Å². The number of ether oxygens (including phenoxy) is 1. The van der Waals surface area contributed by atoms with Gasteiger partial charge in [0.25, 0.3) is 0 Å². The fourth-order valence-corrected chi connectivity index (χ4v) is 3.65. The summed E-state index contributed by atoms with van der Waals surface area (Å²) in [6.45, 7) is 0. The summed E-state index contributed by atoms with van der Waals surface area (Å²) < 4.78 is 7.44. The lowest BCUT2D eigenvalue weighted by Gasteiger charge is -2.08. The highest BCUT2D eigenvalue weighted by atomic mass is 32.2. The van der Waals surface area contributed by atoms with Crippen LogP contribution in [0.5, 0.6) is 5.75 Å². The van der Waals surface area contributed by atoms with Gasteiger partial charge in [-0.25, -0.2) is 0 Å². The number of methoxy groups -OCH3 is 1. The molecule has 0 saturated heterocycles. The Morgan fingerprint density at radius 3 is 2.50 bits per heavy atom. The van der Waals surface area contributed by atoms with Gasteiger partial charge < -0.3 is 9.30 Å². The fourth-order valence-electron chi connectivity index (χ4n) is 2.37. The molecule has 3 aromatic rings. The van der Waals surface area contributed by atoms with Crippen molar-refractivity contribution >= 4 is 23.5 Å². The van der Waals surface area contributed by atoms with Gasteiger partial charge in [-0.1, -0.05) is 36.0 Å². The van der Waals surface area contributed by atoms with Gasteiger partial charge in [0.15, 0.2) is 11.0 Å². The van der Waals surface area contributed by atoms with Crippen LogP contribution in [0.2, 0.25) is 0 Å². The van der Waals surface area contributed by atoms with Crippen LogP contribution in [0.3, 0.4) is 0 Å². The van der Waals surface area contributed by atoms with Crippen molar-refractivity contribution in [2.45, 2.75) is 15.8 Å². The first kappa shape index (κ1) is 16.9. The van der Waals surface area contributed by atoms with Crippen molar-refractivity contribution in [1.29, 1.82) is 0 Å². The summed E-state index contributed by atoms with van der Waals surface area (Å²) >= 11 is 3.44. The maximum Gasteiger partial charge on any atom is 0.191 e. The Hall–Kier alpha value is -1.92. The Bertz CT molecular complexity index is 815. The van der Waals surface area contributed by atoms with Crippen molar-refractivity contribution in [2.24, 2.45) is 7.05 Å². The van der Waals surface area contributed by atoms with Crippen LogP contribution in [0.15, 0.2) is 58.6 Å². The Kier molecular flexibility index (Phi) is 5.48. The van der Waals surface area contributed by atoms with Gasteiger partial charge >= 0.3 is 0 Å². The van der Waals surface area contributed by atoms with E-state index in [0.29, 0.717) is 0 Å². The first-order valence-electron chi connectivity index (χ1n) is 7.51. The molecule has 6 heteroatoms. The Labute approximate surface area is 150 Å². The Balaban J connectivity index is 1.77. The first-order chi connectivity index (χ1) is 11.7. The number of rotatable bonds is 6. The molecule has 3 rings (SSSR count). The minimum atomic E-state index is 0.803. The highest BCUT2D eigenvalue weighted by Gasteiger charge is 2.14. The maximum absolute atomic E-state index is 5.43. The fraction of sp³-hybridized carbons (Fsp3) is 0.222. The third-order valence-electron chi connectivity index (χ3n) is 3.71. The van der Waals surface area contributed by atoms with Crippen LogP contribution in [0.25, 0.3) is 11.4 Å². The minimum absolute atomic E-state index is 0.803. The summed E-state index contributed by atoms with van der Waals surface area (Å²) in [6.07, 6.45) is 2.09. The van der Waals surface area contributed by atoms with E-state index in [9.17, 15) is 0 Å². The molecule has 0 radical (unpaired) electrons. The highest BCUT2D eigenvalue weighted by Crippen LogP contribution is 2.31. The molecule has 2 aromatic carbocycles. The van der Waals surface area contributed by atoms with E-state index in [1.807, 2.05) is 35.9 Å². The van der Waals surface area contributed by atoms with E-state index >= 15 is 0 Å². The number of nitrogens with zero attached hydrogens (tertiary/aromatic N) is 3. The number of benzene rings is 2. The van der Waals surface area contributed by atoms with Crippen LogP contribution < -0.4 is 4.74 Å². The Morgan fingerprint density at radius 1 is 1.04 bits per heavy atom. The van der Waals surface area contributed by atoms with Gasteiger partial charge in [0, 0.05) is 17.7 Å². The average molecular weight is 358 g/mol. The quantitative estimate of drug-likeness (QED) is 0.607. The van der Waals surface area contributed by atoms with Gasteiger partial charge in [-0.05, 0) is 36.1 Å². The van der Waals surface area contributed by atoms with E-state index < -0.39 is 0 Å². The van der Waals surface area contributed by atoms with E-state index in [4.69, 9.17) is 4.74 Å². The van der Waals surface area contributed by atoms with Crippen LogP contribution in [-0.2, 0) is 12.8 Å². The third kappa shape index (κ3) is 3.60. The third-order valence-corrected chi connectivity index (χ3v) is 5.54. The van der Waals surface area contributed by atoms with Crippen molar-refractivity contribution in [2.75, 3.05) is 13.4 Å². The van der Waals surface area contributed by atoms with Gasteiger partial charge in [-0.15, -0.1) is 22.0 Å². The van der Waals surface area contributed by atoms with E-state index in [1.54, 1.807) is 30.6 Å². The summed E-state index contributed by atoms with van der Waals surface area (Å²) in [5.74, 6) is 2.48. The molecule has 124 valence electrons. The van der Waals surface area contributed by atoms with E-state index in [-0.39, 0.29) is 0 Å². The van der Waals surface area contributed by atoms with Crippen LogP contribution >= 0.6 is 23.5 Å². The lowest BCUT2D eigenvalue weighted by atomic mass is 10.2. The molecule has 0 saturated carbocycles. The predicted molar refractivity (Wildman–Crippen MR) is 101 cm³/mol. The molecule has 1 aromatic heterocycles. The zero-order chi connectivity index (χ0) is 16.9. The lowest BCUT2D eigenvalue weighted by Crippen LogP contribution is -1.97. The van der Waals surface area contributed by atoms with Gasteiger partial charge in [0.05, 0.1) is 12.7 Å². The predicted octanol–water partition coefficient (Wildman–Crippen LogP) is 4.50. The van der Waals surface area contributed by atoms with Crippen molar-refractivity contribution in [3.8, 4) is 17.1 Å². The Morgan fingerprint density at radius 2 is 1.79 bits per heavy atom. The normalized spacial score (nSPS) is 10.8. The van der Waals surface area contributed by atoms with Crippen LogP contribution in [0.1, 0.15) is 5.56 Å². The number of para-hydroxylation sites is 1. The molecule has 0 aliphatic rings. The summed E-state index contributed by atoms with van der Waals surface area (Å²) in [6, 6.07) is 16.5. The monoisotopic (exact) mass is 357 g/mol. The second-order valence-electron chi connectivity index (χ2n) is 5.20. The van der Waals surface area contributed by atoms with Crippen LogP contribution in [0, 0.1) is 0 Å². The summed E-state index contributed by atoms with van der Waals surface area (Å²) in [5.41, 5.74) is 2.23. The molecule has 0 spiro atoms. The highest BCUT2D eigenvalue weighted by molar-refractivity contribution is 7.98. The van der Waals surface area contributed by atoms with Crippen molar-refractivity contribution in [1.82, 2.24) is 14.8 Å². The number of hydrogen-bond donors (Lipinski definition) is 0. The number of thioether (sulfide) groups is 2. The minimum Gasteiger partial charge on any atom is -0.496 e. The van der Waals surface area contributed by atoms with E-state index in [0.717, 1.165) is 28.0 Å². The first-order valence-corrected chi connectivity index (χ1v) is 9.72. The molecule has 24 heavy (non-hydrogen) atoms. The largest absolute Gasteiger partial charge is 0.496 e. The molecule has 0 bridgehead atoms. The molecule has 0 N–H and O–H groups in total. The van der Waals surface area contributed by atoms with Crippen molar-refractivity contribution < 1.29 is 4.74 Å². The SMILES string of the molecule is COc1ccccc1-c1nnc(SCc2ccc(SC)cc2)n1C. The molecule has 0 atom stereocenters. The van der Waals surface area contributed by atoms with Gasteiger partial charge in [-0.3, -0.25) is 0 Å². The number of aromatic nitrogens is 3. The molecule has 0 aliphatic carbocycles. The smallest absolute Gasteiger partial charge is 0.191 e. The van der Waals surface area contributed by atoms with Crippen LogP contribution in [0.4, 0.5) is 0 Å². The summed E-state index contributed by atoms with van der Waals surface area (Å²) in [7, 11) is 3.66. The average Bonchev–Trinajstić information content (AvgIpc) is 3.00. The van der Waals surface area contributed by atoms with E-state index in [2.05, 4.69) is 40.7 Å². The molecule has 0 fully saturated rings. The molecule has 0 aliphatic heterocycles. The molecule has 1 heterocycles. The molecular formula is C18H19N3OS2. The number of hydrogen-bond acceptors (Lipinski definition) is 5. The standard InChI is InChI=1S/C18H19N3OS2/c1-21-17(15-6-4-5-7-16(15)22-2)19-20-18(21)24-12-13-8-10-14(23-3)11-9-13/h4-11H,12H2,1-3H3. The molecule has 4 nitrogen and oxygen atoms in total. The van der Waals surface area contributed by atoms with Crippen molar-refractivity contribution in [3.05, 3.63) is 54.1 Å². The lowest BCUT2D eigenvalue weighted by molar-refractivity contribution is 0.416. The molecule has 0 amide bonds. The summed E-state index contributed by atoms with van der Waals surface area (Å²) in [4.78, 5) is 1.28. The van der Waals surface area contributed by atoms with Gasteiger partial charge in [-0.2, -0.15) is 0 Å². The van der Waals surface area contributed by atoms with Crippen LogP contribution in [-0.4, -0.2) is 28.1 Å². The molecular weight excluding hydrogens is 338 g/mol. The second kappa shape index (κ2) is 7.77. The molecule has 0 unspecified atom stereocenters. The summed E-state index contributed by atoms with van der Waals surface area (Å²) in [5, 5.41) is 9.57. The second-order valence-corrected chi connectivity index (χ2v) is 7.02. The zero-order valence-electron chi connectivity index (χ0n) is 13.9. The zero-order valence-corrected chi connectivity index (χ0v) is 15.5. The topological polar surface area (TPSA) is 39.9 Å². The van der Waals surface area contributed by atoms with Gasteiger partial charge in [0.1, 0.15) is 5.75 Å². The van der Waals surface area contributed by atoms with Gasteiger partial charge in [0.2, 0.25) is 0 Å². The van der Waals surface area contributed by atoms with Crippen molar-refractivity contribution in [3.63, 3.8) is 0 Å².